The molecule has 69 heavy (non-hydrogen) atoms. The topological polar surface area (TPSA) is 50.2 Å². The summed E-state index contributed by atoms with van der Waals surface area (Å²) in [4.78, 5) is 7.54. The van der Waals surface area contributed by atoms with Gasteiger partial charge in [0.05, 0.1) is 0 Å². The van der Waals surface area contributed by atoms with Crippen LogP contribution in [-0.2, 0) is 10.8 Å². The smallest absolute Gasteiger partial charge is 0.252 e. The molecule has 0 fully saturated rings. The maximum atomic E-state index is 10.5. The number of hydrogen-bond acceptors (Lipinski definition) is 5. The summed E-state index contributed by atoms with van der Waals surface area (Å²) >= 11 is 0. The first-order valence-corrected chi connectivity index (χ1v) is 24.2. The highest BCUT2D eigenvalue weighted by Gasteiger charge is 2.50. The molecule has 0 atom stereocenters. The van der Waals surface area contributed by atoms with Crippen molar-refractivity contribution in [3.05, 3.63) is 199 Å². The van der Waals surface area contributed by atoms with Crippen LogP contribution in [0.3, 0.4) is 0 Å². The fraction of sp³-hybridized carbons (Fsp3) is 0.129. The number of anilines is 9. The second-order valence-corrected chi connectivity index (χ2v) is 21.3. The maximum absolute atomic E-state index is 10.5. The highest BCUT2D eigenvalue weighted by Crippen LogP contribution is 2.49. The van der Waals surface area contributed by atoms with Crippen molar-refractivity contribution in [1.82, 2.24) is 0 Å². The van der Waals surface area contributed by atoms with E-state index in [1.54, 1.807) is 24.3 Å². The van der Waals surface area contributed by atoms with Crippen LogP contribution in [0.15, 0.2) is 188 Å². The Morgan fingerprint density at radius 3 is 1.30 bits per heavy atom. The van der Waals surface area contributed by atoms with Crippen molar-refractivity contribution in [3.63, 3.8) is 0 Å². The summed E-state index contributed by atoms with van der Waals surface area (Å²) < 4.78 is 0. The van der Waals surface area contributed by atoms with E-state index in [0.717, 1.165) is 56.4 Å². The van der Waals surface area contributed by atoms with Gasteiger partial charge in [0.2, 0.25) is 0 Å². The second-order valence-electron chi connectivity index (χ2n) is 21.3. The Morgan fingerprint density at radius 2 is 0.739 bits per heavy atom. The molecule has 4 aliphatic rings. The number of hydrogen-bond donors (Lipinski definition) is 2. The van der Waals surface area contributed by atoms with Crippen LogP contribution in [0.4, 0.5) is 51.2 Å². The van der Waals surface area contributed by atoms with Crippen molar-refractivity contribution in [2.24, 2.45) is 0 Å². The van der Waals surface area contributed by atoms with Crippen LogP contribution in [0, 0.1) is 0 Å². The maximum Gasteiger partial charge on any atom is 0.252 e. The largest absolute Gasteiger partial charge is 0.508 e. The molecule has 0 unspecified atom stereocenters. The Balaban J connectivity index is 1.09. The quantitative estimate of drug-likeness (QED) is 0.172. The summed E-state index contributed by atoms with van der Waals surface area (Å²) in [5, 5.41) is 20.8. The fourth-order valence-electron chi connectivity index (χ4n) is 11.8. The van der Waals surface area contributed by atoms with Gasteiger partial charge in [-0.3, -0.25) is 0 Å². The Morgan fingerprint density at radius 1 is 0.333 bits per heavy atom. The summed E-state index contributed by atoms with van der Waals surface area (Å²) in [6, 6.07) is 68.1. The van der Waals surface area contributed by atoms with Crippen molar-refractivity contribution in [1.29, 1.82) is 0 Å². The molecule has 5 nitrogen and oxygen atoms in total. The van der Waals surface area contributed by atoms with E-state index >= 15 is 0 Å². The van der Waals surface area contributed by atoms with Crippen molar-refractivity contribution in [3.8, 4) is 33.8 Å². The van der Waals surface area contributed by atoms with E-state index in [9.17, 15) is 10.2 Å². The van der Waals surface area contributed by atoms with Gasteiger partial charge in [0.25, 0.3) is 13.4 Å². The van der Waals surface area contributed by atoms with Gasteiger partial charge in [-0.05, 0) is 162 Å². The minimum atomic E-state index is -0.0469. The molecule has 0 aromatic heterocycles. The van der Waals surface area contributed by atoms with Crippen LogP contribution in [0.1, 0.15) is 52.7 Å². The molecule has 2 N–H and O–H groups in total. The fourth-order valence-corrected chi connectivity index (χ4v) is 11.8. The first kappa shape index (κ1) is 41.3. The Kier molecular flexibility index (Phi) is 8.86. The van der Waals surface area contributed by atoms with Crippen LogP contribution in [0.5, 0.6) is 11.5 Å². The number of aromatic hydroxyl groups is 2. The molecule has 0 saturated carbocycles. The van der Waals surface area contributed by atoms with Gasteiger partial charge in [0.15, 0.2) is 0 Å². The van der Waals surface area contributed by atoms with Gasteiger partial charge >= 0.3 is 0 Å². The first-order valence-electron chi connectivity index (χ1n) is 24.2. The van der Waals surface area contributed by atoms with Crippen LogP contribution in [-0.4, -0.2) is 23.6 Å². The lowest BCUT2D eigenvalue weighted by molar-refractivity contribution is 0.475. The predicted octanol–water partition coefficient (Wildman–Crippen LogP) is 11.7. The number of benzene rings is 9. The summed E-state index contributed by atoms with van der Waals surface area (Å²) in [6.07, 6.45) is 0. The molecule has 332 valence electrons. The molecule has 0 aliphatic carbocycles. The summed E-state index contributed by atoms with van der Waals surface area (Å²) in [7, 11) is 0. The monoisotopic (exact) mass is 891 g/mol. The summed E-state index contributed by atoms with van der Waals surface area (Å²) in [6.45, 7) is 13.5. The Hall–Kier alpha value is -7.89. The van der Waals surface area contributed by atoms with Gasteiger partial charge in [0.1, 0.15) is 11.5 Å². The zero-order valence-electron chi connectivity index (χ0n) is 39.8. The van der Waals surface area contributed by atoms with E-state index in [2.05, 4.69) is 196 Å². The Labute approximate surface area is 405 Å². The third-order valence-corrected chi connectivity index (χ3v) is 15.1. The van der Waals surface area contributed by atoms with Crippen LogP contribution < -0.4 is 47.5 Å². The molecule has 7 heteroatoms. The SMILES string of the molecule is CC(C)(C)c1ccc(N2c3cc(-c4ccc(O)cc4)ccc3B3c4cccc5c4N(c4cccc2c43)c2cc(-c3ccc(O)cc3)cc3c2B5c2ccccc2N3c2ccc(C(C)(C)C)cc2)cc1. The lowest BCUT2D eigenvalue weighted by atomic mass is 9.29. The predicted molar refractivity (Wildman–Crippen MR) is 291 cm³/mol. The lowest BCUT2D eigenvalue weighted by Gasteiger charge is -2.49. The third-order valence-electron chi connectivity index (χ3n) is 15.1. The molecule has 13 rings (SSSR count). The minimum absolute atomic E-state index is 0.00863. The summed E-state index contributed by atoms with van der Waals surface area (Å²) in [5.74, 6) is 0.503. The number of rotatable bonds is 4. The van der Waals surface area contributed by atoms with E-state index in [1.807, 2.05) is 24.3 Å². The van der Waals surface area contributed by atoms with Crippen LogP contribution in [0.2, 0.25) is 0 Å². The van der Waals surface area contributed by atoms with E-state index in [1.165, 1.54) is 61.0 Å². The zero-order valence-corrected chi connectivity index (χ0v) is 39.8. The van der Waals surface area contributed by atoms with Gasteiger partial charge in [-0.1, -0.05) is 145 Å². The molecule has 4 heterocycles. The molecular formula is C62H51B2N3O2. The molecule has 0 saturated heterocycles. The highest BCUT2D eigenvalue weighted by atomic mass is 16.3. The van der Waals surface area contributed by atoms with Crippen LogP contribution in [0.25, 0.3) is 22.3 Å². The van der Waals surface area contributed by atoms with Gasteiger partial charge in [0, 0.05) is 51.2 Å². The van der Waals surface area contributed by atoms with Gasteiger partial charge < -0.3 is 24.9 Å². The molecule has 9 aromatic carbocycles. The van der Waals surface area contributed by atoms with E-state index < -0.39 is 0 Å². The normalized spacial score (nSPS) is 13.9. The first-order chi connectivity index (χ1) is 33.3. The van der Waals surface area contributed by atoms with E-state index in [0.29, 0.717) is 0 Å². The van der Waals surface area contributed by atoms with Crippen molar-refractivity contribution < 1.29 is 10.2 Å². The second kappa shape index (κ2) is 14.8. The third kappa shape index (κ3) is 6.26. The molecule has 0 bridgehead atoms. The minimum Gasteiger partial charge on any atom is -0.508 e. The average Bonchev–Trinajstić information content (AvgIpc) is 3.35. The lowest BCUT2D eigenvalue weighted by Crippen LogP contribution is -2.68. The standard InChI is InChI=1S/C62H51B2N3O2/c1-61(2,3)42-22-26-44(27-23-42)65-52-14-8-7-11-48(52)63-50-12-9-13-51-60(50)67(57-37-41(36-56(65)59(57)63)39-19-32-47(69)33-20-39)54-16-10-15-53-58(54)64(51)49-34-21-40(38-17-30-46(68)31-18-38)35-55(49)66(53)45-28-24-43(25-29-45)62(4,5)6/h7-37,68-69H,1-6H3. The average molecular weight is 892 g/mol. The van der Waals surface area contributed by atoms with Crippen molar-refractivity contribution in [2.45, 2.75) is 52.4 Å². The highest BCUT2D eigenvalue weighted by molar-refractivity contribution is 7.04. The zero-order chi connectivity index (χ0) is 47.1. The molecule has 0 amide bonds. The van der Waals surface area contributed by atoms with Gasteiger partial charge in [-0.25, -0.2) is 0 Å². The number of para-hydroxylation sites is 2. The number of fused-ring (bicyclic) bond motifs is 8. The number of phenolic OH excluding ortho intramolecular Hbond substituents is 2. The Bertz CT molecular complexity index is 3550. The number of phenols is 2. The molecule has 0 radical (unpaired) electrons. The van der Waals surface area contributed by atoms with Gasteiger partial charge in [-0.2, -0.15) is 0 Å². The molecule has 9 aromatic rings. The molecule has 0 spiro atoms. The van der Waals surface area contributed by atoms with E-state index in [4.69, 9.17) is 0 Å². The van der Waals surface area contributed by atoms with Crippen molar-refractivity contribution in [2.75, 3.05) is 14.7 Å². The van der Waals surface area contributed by atoms with Crippen molar-refractivity contribution >= 4 is 97.4 Å². The van der Waals surface area contributed by atoms with Crippen LogP contribution >= 0.6 is 0 Å². The summed E-state index contributed by atoms with van der Waals surface area (Å²) in [5.41, 5.74) is 25.0. The number of nitrogens with zero attached hydrogens (tertiary/aromatic N) is 3. The molecule has 4 aliphatic heterocycles. The molecular weight excluding hydrogens is 840 g/mol. The van der Waals surface area contributed by atoms with Gasteiger partial charge in [-0.15, -0.1) is 0 Å². The van der Waals surface area contributed by atoms with E-state index in [-0.39, 0.29) is 35.8 Å².